The summed E-state index contributed by atoms with van der Waals surface area (Å²) in [4.78, 5) is 53.5. The summed E-state index contributed by atoms with van der Waals surface area (Å²) in [5.74, 6) is -1.60. The van der Waals surface area contributed by atoms with Gasteiger partial charge in [0.25, 0.3) is 5.91 Å². The summed E-state index contributed by atoms with van der Waals surface area (Å²) in [6.07, 6.45) is 1.83. The molecular formula is C23H22BrN3O4. The Morgan fingerprint density at radius 1 is 0.806 bits per heavy atom. The molecule has 1 aliphatic carbocycles. The van der Waals surface area contributed by atoms with Gasteiger partial charge in [0.1, 0.15) is 0 Å². The second-order valence-electron chi connectivity index (χ2n) is 7.71. The van der Waals surface area contributed by atoms with Crippen molar-refractivity contribution in [1.82, 2.24) is 15.1 Å². The molecule has 0 bridgehead atoms. The number of piperazine rings is 1. The Kier molecular flexibility index (Phi) is 6.18. The van der Waals surface area contributed by atoms with Gasteiger partial charge in [-0.05, 0) is 43.2 Å². The van der Waals surface area contributed by atoms with E-state index in [1.807, 2.05) is 0 Å². The zero-order valence-electron chi connectivity index (χ0n) is 16.8. The number of hydrogen-bond donors (Lipinski definition) is 1. The van der Waals surface area contributed by atoms with Crippen LogP contribution in [-0.4, -0.2) is 65.5 Å². The molecule has 0 spiro atoms. The molecule has 0 aromatic heterocycles. The maximum Gasteiger partial charge on any atom is 0.312 e. The van der Waals surface area contributed by atoms with Crippen molar-refractivity contribution >= 4 is 39.4 Å². The van der Waals surface area contributed by atoms with E-state index in [-0.39, 0.29) is 30.8 Å². The fourth-order valence-corrected chi connectivity index (χ4v) is 3.79. The highest BCUT2D eigenvalue weighted by atomic mass is 79.9. The third-order valence-corrected chi connectivity index (χ3v) is 6.00. The highest BCUT2D eigenvalue weighted by Crippen LogP contribution is 2.20. The van der Waals surface area contributed by atoms with Gasteiger partial charge in [0.15, 0.2) is 5.78 Å². The summed E-state index contributed by atoms with van der Waals surface area (Å²) in [6.45, 7) is 1.18. The number of hydrogen-bond acceptors (Lipinski definition) is 4. The van der Waals surface area contributed by atoms with Gasteiger partial charge in [-0.25, -0.2) is 0 Å². The van der Waals surface area contributed by atoms with Gasteiger partial charge in [-0.2, -0.15) is 0 Å². The summed E-state index contributed by atoms with van der Waals surface area (Å²) >= 11 is 3.35. The van der Waals surface area contributed by atoms with Gasteiger partial charge >= 0.3 is 11.8 Å². The fourth-order valence-electron chi connectivity index (χ4n) is 3.53. The highest BCUT2D eigenvalue weighted by molar-refractivity contribution is 9.10. The van der Waals surface area contributed by atoms with Crippen molar-refractivity contribution in [3.8, 4) is 0 Å². The first kappa shape index (κ1) is 21.2. The predicted octanol–water partition coefficient (Wildman–Crippen LogP) is 2.24. The lowest BCUT2D eigenvalue weighted by Gasteiger charge is -2.34. The lowest BCUT2D eigenvalue weighted by molar-refractivity contribution is -0.146. The molecule has 31 heavy (non-hydrogen) atoms. The van der Waals surface area contributed by atoms with Crippen molar-refractivity contribution in [3.05, 3.63) is 69.7 Å². The molecule has 7 nitrogen and oxygen atoms in total. The van der Waals surface area contributed by atoms with Gasteiger partial charge in [-0.1, -0.05) is 34.1 Å². The van der Waals surface area contributed by atoms with E-state index in [1.54, 1.807) is 53.4 Å². The Balaban J connectivity index is 1.43. The maximum absolute atomic E-state index is 13.2. The molecule has 2 fully saturated rings. The molecule has 1 N–H and O–H groups in total. The number of rotatable bonds is 4. The van der Waals surface area contributed by atoms with E-state index in [1.165, 1.54) is 4.90 Å². The van der Waals surface area contributed by atoms with E-state index in [0.29, 0.717) is 29.8 Å². The molecule has 2 aromatic carbocycles. The Bertz CT molecular complexity index is 1030. The Morgan fingerprint density at radius 2 is 1.39 bits per heavy atom. The van der Waals surface area contributed by atoms with Crippen LogP contribution in [0.1, 0.15) is 39.1 Å². The number of carbonyl (C=O) groups excluding carboxylic acids is 4. The molecule has 4 rings (SSSR count). The third kappa shape index (κ3) is 4.85. The number of halogens is 1. The summed E-state index contributed by atoms with van der Waals surface area (Å²) in [7, 11) is 0. The molecule has 0 unspecified atom stereocenters. The largest absolute Gasteiger partial charge is 0.345 e. The van der Waals surface area contributed by atoms with Crippen LogP contribution in [-0.2, 0) is 9.59 Å². The average molecular weight is 484 g/mol. The summed E-state index contributed by atoms with van der Waals surface area (Å²) in [5, 5.41) is 2.70. The quantitative estimate of drug-likeness (QED) is 0.533. The lowest BCUT2D eigenvalue weighted by atomic mass is 9.97. The number of benzene rings is 2. The van der Waals surface area contributed by atoms with E-state index in [0.717, 1.165) is 17.3 Å². The minimum Gasteiger partial charge on any atom is -0.345 e. The lowest BCUT2D eigenvalue weighted by Crippen LogP contribution is -2.54. The van der Waals surface area contributed by atoms with Crippen LogP contribution >= 0.6 is 15.9 Å². The molecule has 1 aliphatic heterocycles. The van der Waals surface area contributed by atoms with E-state index >= 15 is 0 Å². The number of ketones is 1. The van der Waals surface area contributed by atoms with Gasteiger partial charge in [0.05, 0.1) is 5.56 Å². The molecule has 1 heterocycles. The van der Waals surface area contributed by atoms with E-state index in [9.17, 15) is 19.2 Å². The predicted molar refractivity (Wildman–Crippen MR) is 118 cm³/mol. The van der Waals surface area contributed by atoms with Crippen molar-refractivity contribution in [1.29, 1.82) is 0 Å². The van der Waals surface area contributed by atoms with Gasteiger partial charge in [0.2, 0.25) is 0 Å². The van der Waals surface area contributed by atoms with Crippen LogP contribution in [0.2, 0.25) is 0 Å². The minimum absolute atomic E-state index is 0.124. The van der Waals surface area contributed by atoms with Crippen molar-refractivity contribution < 1.29 is 19.2 Å². The Hall–Kier alpha value is -3.00. The second-order valence-corrected chi connectivity index (χ2v) is 8.63. The SMILES string of the molecule is O=C(NC1CC1)C(=O)N1CCN(C(=O)c2ccccc2C(=O)c2ccc(Br)cc2)CC1. The standard InChI is InChI=1S/C23H22BrN3O4/c24-16-7-5-15(6-8-16)20(28)18-3-1-2-4-19(18)22(30)26-11-13-27(14-12-26)23(31)21(29)25-17-9-10-17/h1-8,17H,9-14H2,(H,25,29). The zero-order chi connectivity index (χ0) is 22.0. The fraction of sp³-hybridized carbons (Fsp3) is 0.304. The summed E-state index contributed by atoms with van der Waals surface area (Å²) < 4.78 is 0.867. The van der Waals surface area contributed by atoms with Crippen molar-refractivity contribution in [2.45, 2.75) is 18.9 Å². The number of carbonyl (C=O) groups is 4. The highest BCUT2D eigenvalue weighted by Gasteiger charge is 2.32. The van der Waals surface area contributed by atoms with Crippen LogP contribution in [0.25, 0.3) is 0 Å². The Labute approximate surface area is 188 Å². The van der Waals surface area contributed by atoms with E-state index in [4.69, 9.17) is 0 Å². The number of nitrogens with one attached hydrogen (secondary N) is 1. The van der Waals surface area contributed by atoms with Crippen LogP contribution in [0.5, 0.6) is 0 Å². The maximum atomic E-state index is 13.2. The van der Waals surface area contributed by atoms with Crippen molar-refractivity contribution in [2.75, 3.05) is 26.2 Å². The second kappa shape index (κ2) is 9.01. The minimum atomic E-state index is -0.576. The molecular weight excluding hydrogens is 462 g/mol. The number of nitrogens with zero attached hydrogens (tertiary/aromatic N) is 2. The van der Waals surface area contributed by atoms with Crippen LogP contribution < -0.4 is 5.32 Å². The van der Waals surface area contributed by atoms with Crippen molar-refractivity contribution in [2.24, 2.45) is 0 Å². The monoisotopic (exact) mass is 483 g/mol. The normalized spacial score (nSPS) is 16.0. The molecule has 2 aliphatic rings. The first-order chi connectivity index (χ1) is 14.9. The summed E-state index contributed by atoms with van der Waals surface area (Å²) in [6, 6.07) is 13.9. The van der Waals surface area contributed by atoms with Gasteiger partial charge < -0.3 is 15.1 Å². The van der Waals surface area contributed by atoms with Crippen LogP contribution in [0.3, 0.4) is 0 Å². The van der Waals surface area contributed by atoms with E-state index in [2.05, 4.69) is 21.2 Å². The Morgan fingerprint density at radius 3 is 2.00 bits per heavy atom. The van der Waals surface area contributed by atoms with Crippen LogP contribution in [0.4, 0.5) is 0 Å². The molecule has 2 aromatic rings. The first-order valence-electron chi connectivity index (χ1n) is 10.2. The third-order valence-electron chi connectivity index (χ3n) is 5.47. The molecule has 1 saturated carbocycles. The van der Waals surface area contributed by atoms with E-state index < -0.39 is 11.8 Å². The zero-order valence-corrected chi connectivity index (χ0v) is 18.4. The van der Waals surface area contributed by atoms with Crippen LogP contribution in [0, 0.1) is 0 Å². The smallest absolute Gasteiger partial charge is 0.312 e. The summed E-state index contributed by atoms with van der Waals surface area (Å²) in [5.41, 5.74) is 1.18. The van der Waals surface area contributed by atoms with Crippen molar-refractivity contribution in [3.63, 3.8) is 0 Å². The topological polar surface area (TPSA) is 86.8 Å². The molecule has 1 saturated heterocycles. The molecule has 8 heteroatoms. The van der Waals surface area contributed by atoms with Crippen LogP contribution in [0.15, 0.2) is 53.0 Å². The molecule has 160 valence electrons. The molecule has 0 atom stereocenters. The van der Waals surface area contributed by atoms with Gasteiger partial charge in [-0.3, -0.25) is 19.2 Å². The number of amides is 3. The first-order valence-corrected chi connectivity index (χ1v) is 11.0. The van der Waals surface area contributed by atoms with Gasteiger partial charge in [0, 0.05) is 47.8 Å². The average Bonchev–Trinajstić information content (AvgIpc) is 3.62. The molecule has 3 amide bonds. The van der Waals surface area contributed by atoms with Gasteiger partial charge in [-0.15, -0.1) is 0 Å². The molecule has 0 radical (unpaired) electrons.